The van der Waals surface area contributed by atoms with Crippen molar-refractivity contribution in [2.45, 2.75) is 42.8 Å². The van der Waals surface area contributed by atoms with E-state index in [-0.39, 0.29) is 16.5 Å². The van der Waals surface area contributed by atoms with Gasteiger partial charge < -0.3 is 10.1 Å². The number of amides is 1. The summed E-state index contributed by atoms with van der Waals surface area (Å²) >= 11 is 1.17. The van der Waals surface area contributed by atoms with Crippen LogP contribution in [0.3, 0.4) is 0 Å². The number of nitrogens with zero attached hydrogens (tertiary/aromatic N) is 1. The molecule has 2 aromatic carbocycles. The second kappa shape index (κ2) is 8.34. The molecule has 8 heteroatoms. The predicted molar refractivity (Wildman–Crippen MR) is 113 cm³/mol. The van der Waals surface area contributed by atoms with Gasteiger partial charge in [-0.25, -0.2) is 18.2 Å². The summed E-state index contributed by atoms with van der Waals surface area (Å²) < 4.78 is 31.1. The summed E-state index contributed by atoms with van der Waals surface area (Å²) in [5.74, 6) is 0. The number of ether oxygens (including phenoxy) is 1. The van der Waals surface area contributed by atoms with E-state index in [1.165, 1.54) is 16.7 Å². The van der Waals surface area contributed by atoms with Gasteiger partial charge in [0.25, 0.3) is 0 Å². The molecule has 0 unspecified atom stereocenters. The molecule has 0 radical (unpaired) electrons. The normalized spacial score (nSPS) is 11.8. The number of hydrogen-bond acceptors (Lipinski definition) is 6. The smallest absolute Gasteiger partial charge is 0.408 e. The third kappa shape index (κ3) is 5.42. The molecule has 1 heterocycles. The molecule has 0 saturated carbocycles. The van der Waals surface area contributed by atoms with E-state index in [9.17, 15) is 13.2 Å². The van der Waals surface area contributed by atoms with Crippen molar-refractivity contribution in [1.82, 2.24) is 10.3 Å². The Labute approximate surface area is 174 Å². The van der Waals surface area contributed by atoms with Gasteiger partial charge in [0.2, 0.25) is 9.84 Å². The van der Waals surface area contributed by atoms with Gasteiger partial charge in [-0.3, -0.25) is 0 Å². The van der Waals surface area contributed by atoms with Gasteiger partial charge in [-0.15, -0.1) is 11.3 Å². The number of thiazole rings is 1. The molecule has 0 bridgehead atoms. The highest BCUT2D eigenvalue weighted by atomic mass is 32.2. The van der Waals surface area contributed by atoms with Crippen LogP contribution < -0.4 is 5.32 Å². The second-order valence-electron chi connectivity index (χ2n) is 7.33. The molecule has 1 aromatic heterocycles. The Balaban J connectivity index is 1.77. The summed E-state index contributed by atoms with van der Waals surface area (Å²) in [7, 11) is -3.76. The van der Waals surface area contributed by atoms with E-state index >= 15 is 0 Å². The van der Waals surface area contributed by atoms with Crippen LogP contribution in [0.5, 0.6) is 0 Å². The maximum atomic E-state index is 13.0. The molecule has 0 fully saturated rings. The third-order valence-corrected chi connectivity index (χ3v) is 6.47. The zero-order valence-corrected chi connectivity index (χ0v) is 18.0. The van der Waals surface area contributed by atoms with Gasteiger partial charge in [-0.2, -0.15) is 0 Å². The first-order valence-corrected chi connectivity index (χ1v) is 11.3. The average molecular weight is 431 g/mol. The fraction of sp³-hybridized carbons (Fsp3) is 0.238. The summed E-state index contributed by atoms with van der Waals surface area (Å²) in [6.45, 7) is 5.40. The summed E-state index contributed by atoms with van der Waals surface area (Å²) in [6, 6.07) is 16.3. The molecule has 3 aromatic rings. The molecule has 0 spiro atoms. The highest BCUT2D eigenvalue weighted by Crippen LogP contribution is 2.27. The highest BCUT2D eigenvalue weighted by molar-refractivity contribution is 7.91. The number of rotatable bonds is 5. The number of hydrogen-bond donors (Lipinski definition) is 1. The Hall–Kier alpha value is -2.71. The molecule has 1 amide bonds. The lowest BCUT2D eigenvalue weighted by atomic mass is 10.1. The van der Waals surface area contributed by atoms with E-state index in [0.717, 1.165) is 11.1 Å². The van der Waals surface area contributed by atoms with Crippen molar-refractivity contribution < 1.29 is 17.9 Å². The Kier molecular flexibility index (Phi) is 6.04. The number of sulfone groups is 1. The first-order chi connectivity index (χ1) is 13.6. The van der Waals surface area contributed by atoms with E-state index in [1.807, 2.05) is 36.4 Å². The number of alkyl carbamates (subject to hydrolysis) is 1. The molecule has 29 heavy (non-hydrogen) atoms. The molecule has 6 nitrogen and oxygen atoms in total. The lowest BCUT2D eigenvalue weighted by Crippen LogP contribution is -2.32. The van der Waals surface area contributed by atoms with Crippen molar-refractivity contribution in [3.05, 3.63) is 65.0 Å². The summed E-state index contributed by atoms with van der Waals surface area (Å²) in [4.78, 5) is 16.1. The van der Waals surface area contributed by atoms with Gasteiger partial charge in [0, 0.05) is 5.38 Å². The maximum absolute atomic E-state index is 13.0. The van der Waals surface area contributed by atoms with Crippen LogP contribution >= 0.6 is 11.3 Å². The SMILES string of the molecule is CC(C)(C)OC(=O)NCc1nc(S(=O)(=O)c2cccc(-c3ccccc3)c2)cs1. The molecular formula is C21H22N2O4S2. The topological polar surface area (TPSA) is 85.4 Å². The van der Waals surface area contributed by atoms with Crippen LogP contribution in [0.25, 0.3) is 11.1 Å². The minimum Gasteiger partial charge on any atom is -0.444 e. The minimum atomic E-state index is -3.76. The quantitative estimate of drug-likeness (QED) is 0.636. The number of aromatic nitrogens is 1. The van der Waals surface area contributed by atoms with Crippen LogP contribution in [0.1, 0.15) is 25.8 Å². The molecule has 0 aliphatic heterocycles. The van der Waals surface area contributed by atoms with E-state index in [0.29, 0.717) is 5.01 Å². The van der Waals surface area contributed by atoms with Crippen molar-refractivity contribution in [3.63, 3.8) is 0 Å². The van der Waals surface area contributed by atoms with Crippen molar-refractivity contribution >= 4 is 27.3 Å². The number of benzene rings is 2. The first-order valence-electron chi connectivity index (χ1n) is 8.97. The van der Waals surface area contributed by atoms with E-state index in [4.69, 9.17) is 4.74 Å². The molecule has 0 atom stereocenters. The predicted octanol–water partition coefficient (Wildman–Crippen LogP) is 4.67. The van der Waals surface area contributed by atoms with Crippen molar-refractivity contribution in [2.75, 3.05) is 0 Å². The van der Waals surface area contributed by atoms with Crippen molar-refractivity contribution in [2.24, 2.45) is 0 Å². The Morgan fingerprint density at radius 3 is 2.45 bits per heavy atom. The van der Waals surface area contributed by atoms with Gasteiger partial charge in [0.1, 0.15) is 10.6 Å². The van der Waals surface area contributed by atoms with Crippen LogP contribution in [0.4, 0.5) is 4.79 Å². The maximum Gasteiger partial charge on any atom is 0.408 e. The molecular weight excluding hydrogens is 408 g/mol. The van der Waals surface area contributed by atoms with Gasteiger partial charge in [0.05, 0.1) is 11.4 Å². The van der Waals surface area contributed by atoms with Crippen LogP contribution in [0.15, 0.2) is 69.9 Å². The molecule has 0 aliphatic carbocycles. The second-order valence-corrected chi connectivity index (χ2v) is 10.2. The fourth-order valence-electron chi connectivity index (χ4n) is 2.55. The van der Waals surface area contributed by atoms with Crippen LogP contribution in [-0.4, -0.2) is 25.1 Å². The number of carbonyl (C=O) groups excluding carboxylic acids is 1. The first kappa shape index (κ1) is 21.0. The third-order valence-electron chi connectivity index (χ3n) is 3.84. The average Bonchev–Trinajstić information content (AvgIpc) is 3.16. The molecule has 152 valence electrons. The Morgan fingerprint density at radius 1 is 1.07 bits per heavy atom. The molecule has 0 saturated heterocycles. The molecule has 1 N–H and O–H groups in total. The van der Waals surface area contributed by atoms with E-state index < -0.39 is 21.5 Å². The summed E-state index contributed by atoms with van der Waals surface area (Å²) in [5, 5.41) is 4.51. The lowest BCUT2D eigenvalue weighted by Gasteiger charge is -2.19. The van der Waals surface area contributed by atoms with Crippen LogP contribution in [-0.2, 0) is 21.1 Å². The monoisotopic (exact) mass is 430 g/mol. The zero-order valence-electron chi connectivity index (χ0n) is 16.4. The zero-order chi connectivity index (χ0) is 21.1. The fourth-order valence-corrected chi connectivity index (χ4v) is 4.87. The van der Waals surface area contributed by atoms with Gasteiger partial charge in [0.15, 0.2) is 5.03 Å². The van der Waals surface area contributed by atoms with Gasteiger partial charge in [-0.1, -0.05) is 42.5 Å². The number of nitrogens with one attached hydrogen (secondary N) is 1. The van der Waals surface area contributed by atoms with Crippen molar-refractivity contribution in [3.8, 4) is 11.1 Å². The van der Waals surface area contributed by atoms with Crippen LogP contribution in [0.2, 0.25) is 0 Å². The van der Waals surface area contributed by atoms with Crippen LogP contribution in [0, 0.1) is 0 Å². The van der Waals surface area contributed by atoms with E-state index in [2.05, 4.69) is 10.3 Å². The lowest BCUT2D eigenvalue weighted by molar-refractivity contribution is 0.0523. The van der Waals surface area contributed by atoms with Gasteiger partial charge >= 0.3 is 6.09 Å². The summed E-state index contributed by atoms with van der Waals surface area (Å²) in [6.07, 6.45) is -0.576. The molecule has 3 rings (SSSR count). The number of carbonyl (C=O) groups is 1. The van der Waals surface area contributed by atoms with E-state index in [1.54, 1.807) is 39.0 Å². The standard InChI is InChI=1S/C21H22N2O4S2/c1-21(2,3)27-20(24)22-13-18-23-19(14-28-18)29(25,26)17-11-7-10-16(12-17)15-8-5-4-6-9-15/h4-12,14H,13H2,1-3H3,(H,22,24). The molecule has 0 aliphatic rings. The largest absolute Gasteiger partial charge is 0.444 e. The van der Waals surface area contributed by atoms with Gasteiger partial charge in [-0.05, 0) is 44.0 Å². The summed E-state index contributed by atoms with van der Waals surface area (Å²) in [5.41, 5.74) is 1.14. The van der Waals surface area contributed by atoms with Crippen molar-refractivity contribution in [1.29, 1.82) is 0 Å². The minimum absolute atomic E-state index is 0.0336. The highest BCUT2D eigenvalue weighted by Gasteiger charge is 2.22. The Bertz CT molecular complexity index is 1100. The Morgan fingerprint density at radius 2 is 1.76 bits per heavy atom.